The standard InChI is InChI=1S/C23H22F2N6O.CH4/c1-32-17-9-7-15(8-10-17)27-22-26-13-20-21(30-22)31(16-4-2-3-5-16)23(29-20)28-19-12-14(24)6-11-18(19)25;/h6-13,16H,2-5H2,1H3,(H,28,29)(H,26,27,30);1H4. The molecule has 7 nitrogen and oxygen atoms in total. The van der Waals surface area contributed by atoms with E-state index in [1.165, 1.54) is 0 Å². The van der Waals surface area contributed by atoms with Gasteiger partial charge in [-0.25, -0.2) is 18.7 Å². The molecule has 4 aromatic rings. The van der Waals surface area contributed by atoms with E-state index in [2.05, 4.69) is 20.6 Å². The average Bonchev–Trinajstić information content (AvgIpc) is 3.44. The highest BCUT2D eigenvalue weighted by Crippen LogP contribution is 2.36. The van der Waals surface area contributed by atoms with E-state index in [4.69, 9.17) is 9.72 Å². The van der Waals surface area contributed by atoms with Gasteiger partial charge in [0.15, 0.2) is 5.65 Å². The maximum Gasteiger partial charge on any atom is 0.229 e. The highest BCUT2D eigenvalue weighted by atomic mass is 19.1. The summed E-state index contributed by atoms with van der Waals surface area (Å²) in [4.78, 5) is 13.7. The molecule has 172 valence electrons. The number of aromatic nitrogens is 4. The van der Waals surface area contributed by atoms with Crippen molar-refractivity contribution in [3.05, 3.63) is 60.3 Å². The average molecular weight is 453 g/mol. The van der Waals surface area contributed by atoms with Crippen molar-refractivity contribution in [2.45, 2.75) is 39.2 Å². The highest BCUT2D eigenvalue weighted by Gasteiger charge is 2.24. The Morgan fingerprint density at radius 3 is 2.48 bits per heavy atom. The van der Waals surface area contributed by atoms with Gasteiger partial charge in [-0.3, -0.25) is 4.57 Å². The Kier molecular flexibility index (Phi) is 6.39. The minimum absolute atomic E-state index is 0. The number of nitrogens with one attached hydrogen (secondary N) is 2. The highest BCUT2D eigenvalue weighted by molar-refractivity contribution is 5.77. The summed E-state index contributed by atoms with van der Waals surface area (Å²) in [7, 11) is 1.62. The molecule has 1 aliphatic carbocycles. The van der Waals surface area contributed by atoms with Crippen LogP contribution in [0.4, 0.5) is 32.1 Å². The van der Waals surface area contributed by atoms with Crippen molar-refractivity contribution < 1.29 is 13.5 Å². The molecule has 2 aromatic carbocycles. The first kappa shape index (κ1) is 22.4. The van der Waals surface area contributed by atoms with Crippen LogP contribution in [0.25, 0.3) is 11.2 Å². The van der Waals surface area contributed by atoms with Gasteiger partial charge in [-0.2, -0.15) is 4.98 Å². The Balaban J connectivity index is 0.00000259. The quantitative estimate of drug-likeness (QED) is 0.355. The molecule has 0 amide bonds. The summed E-state index contributed by atoms with van der Waals surface area (Å²) in [6, 6.07) is 10.9. The first-order valence-electron chi connectivity index (χ1n) is 10.5. The maximum absolute atomic E-state index is 14.3. The van der Waals surface area contributed by atoms with Gasteiger partial charge in [-0.1, -0.05) is 20.3 Å². The summed E-state index contributed by atoms with van der Waals surface area (Å²) in [5.41, 5.74) is 2.07. The molecule has 5 rings (SSSR count). The monoisotopic (exact) mass is 452 g/mol. The van der Waals surface area contributed by atoms with Crippen LogP contribution in [0.2, 0.25) is 0 Å². The molecular formula is C24H26F2N6O. The molecule has 1 saturated carbocycles. The van der Waals surface area contributed by atoms with Gasteiger partial charge in [-0.15, -0.1) is 0 Å². The molecule has 9 heteroatoms. The van der Waals surface area contributed by atoms with Gasteiger partial charge < -0.3 is 15.4 Å². The van der Waals surface area contributed by atoms with Crippen molar-refractivity contribution >= 4 is 34.4 Å². The predicted octanol–water partition coefficient (Wildman–Crippen LogP) is 6.35. The fraction of sp³-hybridized carbons (Fsp3) is 0.292. The van der Waals surface area contributed by atoms with Crippen molar-refractivity contribution in [2.75, 3.05) is 17.7 Å². The second-order valence-electron chi connectivity index (χ2n) is 7.75. The molecule has 0 bridgehead atoms. The minimum Gasteiger partial charge on any atom is -0.497 e. The summed E-state index contributed by atoms with van der Waals surface area (Å²) in [6.07, 6.45) is 5.76. The normalized spacial score (nSPS) is 13.7. The SMILES string of the molecule is C.COc1ccc(Nc2ncc3nc(Nc4cc(F)ccc4F)n(C4CCCC4)c3n2)cc1. The maximum atomic E-state index is 14.3. The summed E-state index contributed by atoms with van der Waals surface area (Å²) >= 11 is 0. The number of hydrogen-bond acceptors (Lipinski definition) is 6. The van der Waals surface area contributed by atoms with Crippen LogP contribution in [0.5, 0.6) is 5.75 Å². The molecule has 0 aliphatic heterocycles. The Bertz CT molecular complexity index is 1250. The van der Waals surface area contributed by atoms with Gasteiger partial charge in [0.25, 0.3) is 0 Å². The Morgan fingerprint density at radius 1 is 1.00 bits per heavy atom. The lowest BCUT2D eigenvalue weighted by atomic mass is 10.2. The van der Waals surface area contributed by atoms with Crippen molar-refractivity contribution in [3.8, 4) is 5.75 Å². The van der Waals surface area contributed by atoms with E-state index < -0.39 is 11.6 Å². The van der Waals surface area contributed by atoms with E-state index >= 15 is 0 Å². The number of anilines is 4. The molecule has 0 unspecified atom stereocenters. The Morgan fingerprint density at radius 2 is 1.76 bits per heavy atom. The minimum atomic E-state index is -0.552. The molecule has 2 N–H and O–H groups in total. The van der Waals surface area contributed by atoms with Crippen molar-refractivity contribution in [1.29, 1.82) is 0 Å². The Hall–Kier alpha value is -3.75. The van der Waals surface area contributed by atoms with E-state index in [9.17, 15) is 8.78 Å². The number of fused-ring (bicyclic) bond motifs is 1. The second kappa shape index (κ2) is 9.40. The van der Waals surface area contributed by atoms with E-state index in [0.717, 1.165) is 55.3 Å². The smallest absolute Gasteiger partial charge is 0.229 e. The topological polar surface area (TPSA) is 76.9 Å². The van der Waals surface area contributed by atoms with E-state index in [1.54, 1.807) is 13.3 Å². The van der Waals surface area contributed by atoms with Crippen LogP contribution in [0.1, 0.15) is 39.2 Å². The summed E-state index contributed by atoms with van der Waals surface area (Å²) in [5.74, 6) is 0.525. The lowest BCUT2D eigenvalue weighted by molar-refractivity contribution is 0.415. The molecule has 2 aromatic heterocycles. The molecule has 1 fully saturated rings. The molecule has 0 spiro atoms. The molecule has 1 aliphatic rings. The van der Waals surface area contributed by atoms with Crippen LogP contribution in [-0.4, -0.2) is 26.6 Å². The fourth-order valence-electron chi connectivity index (χ4n) is 4.06. The van der Waals surface area contributed by atoms with Gasteiger partial charge in [0.05, 0.1) is 19.0 Å². The summed E-state index contributed by atoms with van der Waals surface area (Å²) in [6.45, 7) is 0. The van der Waals surface area contributed by atoms with Crippen LogP contribution in [-0.2, 0) is 0 Å². The number of ether oxygens (including phenoxy) is 1. The zero-order valence-corrected chi connectivity index (χ0v) is 17.5. The van der Waals surface area contributed by atoms with E-state index in [0.29, 0.717) is 23.1 Å². The van der Waals surface area contributed by atoms with Crippen molar-refractivity contribution in [3.63, 3.8) is 0 Å². The van der Waals surface area contributed by atoms with Gasteiger partial charge in [0.1, 0.15) is 22.9 Å². The first-order valence-corrected chi connectivity index (χ1v) is 10.5. The van der Waals surface area contributed by atoms with Gasteiger partial charge in [0, 0.05) is 17.8 Å². The van der Waals surface area contributed by atoms with E-state index in [1.807, 2.05) is 28.8 Å². The number of methoxy groups -OCH3 is 1. The largest absolute Gasteiger partial charge is 0.497 e. The lowest BCUT2D eigenvalue weighted by Gasteiger charge is -2.17. The van der Waals surface area contributed by atoms with Crippen molar-refractivity contribution in [2.24, 2.45) is 0 Å². The van der Waals surface area contributed by atoms with Gasteiger partial charge in [0.2, 0.25) is 11.9 Å². The van der Waals surface area contributed by atoms with Crippen LogP contribution in [0.3, 0.4) is 0 Å². The van der Waals surface area contributed by atoms with Crippen LogP contribution in [0, 0.1) is 11.6 Å². The second-order valence-corrected chi connectivity index (χ2v) is 7.75. The summed E-state index contributed by atoms with van der Waals surface area (Å²) < 4.78 is 35.1. The third kappa shape index (κ3) is 4.57. The molecule has 2 heterocycles. The zero-order valence-electron chi connectivity index (χ0n) is 17.5. The number of nitrogens with zero attached hydrogens (tertiary/aromatic N) is 4. The van der Waals surface area contributed by atoms with Crippen LogP contribution >= 0.6 is 0 Å². The first-order chi connectivity index (χ1) is 15.6. The van der Waals surface area contributed by atoms with Gasteiger partial charge in [-0.05, 0) is 49.2 Å². The zero-order chi connectivity index (χ0) is 22.1. The number of benzene rings is 2. The number of hydrogen-bond donors (Lipinski definition) is 2. The van der Waals surface area contributed by atoms with Gasteiger partial charge >= 0.3 is 0 Å². The number of halogens is 2. The van der Waals surface area contributed by atoms with Crippen LogP contribution in [0.15, 0.2) is 48.7 Å². The molecule has 0 atom stereocenters. The number of rotatable bonds is 6. The van der Waals surface area contributed by atoms with E-state index in [-0.39, 0.29) is 19.2 Å². The third-order valence-electron chi connectivity index (χ3n) is 5.64. The molecule has 0 saturated heterocycles. The molecular weight excluding hydrogens is 426 g/mol. The Labute approximate surface area is 190 Å². The van der Waals surface area contributed by atoms with Crippen molar-refractivity contribution in [1.82, 2.24) is 19.5 Å². The fourth-order valence-corrected chi connectivity index (χ4v) is 4.06. The van der Waals surface area contributed by atoms with Crippen LogP contribution < -0.4 is 15.4 Å². The third-order valence-corrected chi connectivity index (χ3v) is 5.64. The molecule has 0 radical (unpaired) electrons. The summed E-state index contributed by atoms with van der Waals surface area (Å²) in [5, 5.41) is 6.16. The molecule has 33 heavy (non-hydrogen) atoms. The lowest BCUT2D eigenvalue weighted by Crippen LogP contribution is -2.10. The number of imidazole rings is 1. The predicted molar refractivity (Wildman–Crippen MR) is 125 cm³/mol.